The highest BCUT2D eigenvalue weighted by molar-refractivity contribution is 9.10. The Morgan fingerprint density at radius 1 is 1.42 bits per heavy atom. The Balaban J connectivity index is 2.90. The van der Waals surface area contributed by atoms with E-state index in [9.17, 15) is 4.79 Å². The number of carbonyl (C=O) groups excluding carboxylic acids is 1. The van der Waals surface area contributed by atoms with Gasteiger partial charge < -0.3 is 0 Å². The van der Waals surface area contributed by atoms with E-state index in [0.29, 0.717) is 0 Å². The maximum atomic E-state index is 11.4. The minimum atomic E-state index is 0.0752. The molecule has 0 saturated carbocycles. The van der Waals surface area contributed by atoms with Gasteiger partial charge in [-0.3, -0.25) is 4.79 Å². The third kappa shape index (κ3) is 2.21. The number of halogens is 1. The fourth-order valence-electron chi connectivity index (χ4n) is 0.947. The van der Waals surface area contributed by atoms with Crippen LogP contribution in [0.15, 0.2) is 28.7 Å². The molecule has 0 radical (unpaired) electrons. The summed E-state index contributed by atoms with van der Waals surface area (Å²) in [5, 5.41) is 0. The van der Waals surface area contributed by atoms with Crippen LogP contribution in [0.2, 0.25) is 5.82 Å². The van der Waals surface area contributed by atoms with E-state index in [-0.39, 0.29) is 11.6 Å². The van der Waals surface area contributed by atoms with Gasteiger partial charge in [-0.2, -0.15) is 0 Å². The first-order chi connectivity index (χ1) is 5.61. The van der Waals surface area contributed by atoms with Crippen LogP contribution in [0.3, 0.4) is 0 Å². The summed E-state index contributed by atoms with van der Waals surface area (Å²) < 4.78 is 1.00. The molecule has 0 fully saturated rings. The second-order valence-corrected chi connectivity index (χ2v) is 3.94. The zero-order chi connectivity index (χ0) is 9.14. The number of Topliss-reactive ketones (excluding diaryl/α,β-unsaturated/α-hetero) is 1. The molecular formula is C9H10BBrO. The molecule has 1 nitrogen and oxygen atoms in total. The highest BCUT2D eigenvalue weighted by Crippen LogP contribution is 2.14. The molecule has 0 aromatic heterocycles. The van der Waals surface area contributed by atoms with E-state index < -0.39 is 0 Å². The first kappa shape index (κ1) is 9.52. The highest BCUT2D eigenvalue weighted by Gasteiger charge is 2.08. The fraction of sp³-hybridized carbons (Fsp3) is 0.222. The van der Waals surface area contributed by atoms with E-state index in [4.69, 9.17) is 0 Å². The second-order valence-electron chi connectivity index (χ2n) is 3.03. The summed E-state index contributed by atoms with van der Waals surface area (Å²) in [6.07, 6.45) is 0. The molecule has 1 aromatic carbocycles. The SMILES string of the molecule is BC(C)C(=O)c1ccc(Br)cc1. The van der Waals surface area contributed by atoms with Crippen LogP contribution in [-0.2, 0) is 0 Å². The molecule has 1 atom stereocenters. The Kier molecular flexibility index (Phi) is 3.09. The van der Waals surface area contributed by atoms with E-state index in [0.717, 1.165) is 10.0 Å². The van der Waals surface area contributed by atoms with Gasteiger partial charge in [-0.1, -0.05) is 35.0 Å². The number of rotatable bonds is 2. The Labute approximate surface area is 81.7 Å². The molecule has 0 saturated heterocycles. The van der Waals surface area contributed by atoms with Crippen molar-refractivity contribution in [3.63, 3.8) is 0 Å². The van der Waals surface area contributed by atoms with Gasteiger partial charge in [0.1, 0.15) is 7.85 Å². The minimum absolute atomic E-state index is 0.0752. The molecule has 0 aliphatic heterocycles. The van der Waals surface area contributed by atoms with Crippen LogP contribution in [0.25, 0.3) is 0 Å². The van der Waals surface area contributed by atoms with Crippen LogP contribution in [0.4, 0.5) is 0 Å². The fourth-order valence-corrected chi connectivity index (χ4v) is 1.21. The number of ketones is 1. The van der Waals surface area contributed by atoms with Crippen molar-refractivity contribution in [1.82, 2.24) is 0 Å². The van der Waals surface area contributed by atoms with E-state index in [1.807, 2.05) is 39.0 Å². The molecule has 12 heavy (non-hydrogen) atoms. The van der Waals surface area contributed by atoms with E-state index in [1.165, 1.54) is 0 Å². The zero-order valence-corrected chi connectivity index (χ0v) is 8.76. The van der Waals surface area contributed by atoms with Gasteiger partial charge >= 0.3 is 0 Å². The van der Waals surface area contributed by atoms with Crippen LogP contribution < -0.4 is 0 Å². The number of hydrogen-bond donors (Lipinski definition) is 0. The van der Waals surface area contributed by atoms with Gasteiger partial charge in [-0.25, -0.2) is 0 Å². The Bertz CT molecular complexity index is 279. The van der Waals surface area contributed by atoms with Crippen molar-refractivity contribution in [2.45, 2.75) is 12.7 Å². The molecule has 62 valence electrons. The Morgan fingerprint density at radius 3 is 2.33 bits per heavy atom. The smallest absolute Gasteiger partial charge is 0.157 e. The average Bonchev–Trinajstić information content (AvgIpc) is 2.04. The first-order valence-electron chi connectivity index (χ1n) is 3.91. The quantitative estimate of drug-likeness (QED) is 0.556. The van der Waals surface area contributed by atoms with Gasteiger partial charge in [-0.05, 0) is 17.9 Å². The molecule has 0 bridgehead atoms. The molecule has 0 aliphatic carbocycles. The van der Waals surface area contributed by atoms with Gasteiger partial charge in [0.15, 0.2) is 5.78 Å². The average molecular weight is 225 g/mol. The maximum absolute atomic E-state index is 11.4. The van der Waals surface area contributed by atoms with Crippen molar-refractivity contribution in [3.8, 4) is 0 Å². The number of carbonyl (C=O) groups is 1. The summed E-state index contributed by atoms with van der Waals surface area (Å²) in [5.41, 5.74) is 0.785. The second kappa shape index (κ2) is 3.90. The maximum Gasteiger partial charge on any atom is 0.157 e. The standard InChI is InChI=1S/C9H10BBrO/c1-6(10)9(12)7-2-4-8(11)5-3-7/h2-6H,10H2,1H3. The largest absolute Gasteiger partial charge is 0.295 e. The summed E-state index contributed by atoms with van der Waals surface area (Å²) in [4.78, 5) is 11.4. The van der Waals surface area contributed by atoms with Gasteiger partial charge in [-0.15, -0.1) is 0 Å². The van der Waals surface area contributed by atoms with Gasteiger partial charge in [0, 0.05) is 10.0 Å². The number of hydrogen-bond acceptors (Lipinski definition) is 1. The van der Waals surface area contributed by atoms with E-state index >= 15 is 0 Å². The third-order valence-electron chi connectivity index (χ3n) is 1.65. The third-order valence-corrected chi connectivity index (χ3v) is 2.18. The summed E-state index contributed by atoms with van der Waals surface area (Å²) in [7, 11) is 1.91. The molecule has 0 N–H and O–H groups in total. The molecule has 0 amide bonds. The zero-order valence-electron chi connectivity index (χ0n) is 7.17. The van der Waals surface area contributed by atoms with Crippen molar-refractivity contribution in [2.24, 2.45) is 0 Å². The van der Waals surface area contributed by atoms with Crippen LogP contribution in [-0.4, -0.2) is 13.6 Å². The van der Waals surface area contributed by atoms with Crippen molar-refractivity contribution in [3.05, 3.63) is 34.3 Å². The van der Waals surface area contributed by atoms with Crippen molar-refractivity contribution < 1.29 is 4.79 Å². The summed E-state index contributed by atoms with van der Waals surface area (Å²) >= 11 is 3.32. The van der Waals surface area contributed by atoms with Gasteiger partial charge in [0.2, 0.25) is 0 Å². The lowest BCUT2D eigenvalue weighted by Crippen LogP contribution is -2.04. The number of benzene rings is 1. The molecule has 3 heteroatoms. The lowest BCUT2D eigenvalue weighted by molar-refractivity contribution is 0.0989. The van der Waals surface area contributed by atoms with Gasteiger partial charge in [0.05, 0.1) is 0 Å². The molecule has 0 aliphatic rings. The van der Waals surface area contributed by atoms with Crippen molar-refractivity contribution in [1.29, 1.82) is 0 Å². The lowest BCUT2D eigenvalue weighted by atomic mass is 9.83. The van der Waals surface area contributed by atoms with E-state index in [2.05, 4.69) is 15.9 Å². The molecule has 1 unspecified atom stereocenters. The van der Waals surface area contributed by atoms with Crippen LogP contribution in [0.1, 0.15) is 17.3 Å². The van der Waals surface area contributed by atoms with Gasteiger partial charge in [0.25, 0.3) is 0 Å². The summed E-state index contributed by atoms with van der Waals surface area (Å²) in [5.74, 6) is 0.272. The highest BCUT2D eigenvalue weighted by atomic mass is 79.9. The predicted octanol–water partition coefficient (Wildman–Crippen LogP) is 2.07. The van der Waals surface area contributed by atoms with Crippen molar-refractivity contribution in [2.75, 3.05) is 0 Å². The Morgan fingerprint density at radius 2 is 1.92 bits per heavy atom. The normalized spacial score (nSPS) is 12.5. The summed E-state index contributed by atoms with van der Waals surface area (Å²) in [6.45, 7) is 1.91. The minimum Gasteiger partial charge on any atom is -0.295 e. The van der Waals surface area contributed by atoms with Crippen LogP contribution in [0.5, 0.6) is 0 Å². The first-order valence-corrected chi connectivity index (χ1v) is 4.70. The van der Waals surface area contributed by atoms with Crippen LogP contribution >= 0.6 is 15.9 Å². The molecule has 1 rings (SSSR count). The Hall–Kier alpha value is -0.565. The molecular weight excluding hydrogens is 215 g/mol. The predicted molar refractivity (Wildman–Crippen MR) is 56.4 cm³/mol. The monoisotopic (exact) mass is 224 g/mol. The summed E-state index contributed by atoms with van der Waals surface area (Å²) in [6, 6.07) is 7.45. The lowest BCUT2D eigenvalue weighted by Gasteiger charge is -2.02. The van der Waals surface area contributed by atoms with Crippen LogP contribution in [0, 0.1) is 0 Å². The van der Waals surface area contributed by atoms with Crippen molar-refractivity contribution >= 4 is 29.6 Å². The molecule has 0 spiro atoms. The molecule has 0 heterocycles. The van der Waals surface area contributed by atoms with E-state index in [1.54, 1.807) is 0 Å². The molecule has 1 aromatic rings. The topological polar surface area (TPSA) is 17.1 Å².